The van der Waals surface area contributed by atoms with Crippen molar-refractivity contribution in [2.75, 3.05) is 23.3 Å². The van der Waals surface area contributed by atoms with Crippen molar-refractivity contribution in [2.24, 2.45) is 0 Å². The van der Waals surface area contributed by atoms with E-state index in [9.17, 15) is 19.3 Å². The summed E-state index contributed by atoms with van der Waals surface area (Å²) in [5.41, 5.74) is 0.526. The Kier molecular flexibility index (Phi) is 4.85. The molecule has 0 spiro atoms. The number of halogens is 2. The van der Waals surface area contributed by atoms with Gasteiger partial charge in [0.2, 0.25) is 0 Å². The van der Waals surface area contributed by atoms with Crippen LogP contribution in [0.15, 0.2) is 36.4 Å². The Morgan fingerprint density at radius 2 is 1.92 bits per heavy atom. The summed E-state index contributed by atoms with van der Waals surface area (Å²) in [5, 5.41) is 13.7. The van der Waals surface area contributed by atoms with E-state index < -0.39 is 16.6 Å². The number of nitro benzene ring substituents is 1. The van der Waals surface area contributed by atoms with Gasteiger partial charge in [0.15, 0.2) is 0 Å². The molecule has 0 atom stereocenters. The number of anilines is 2. The molecule has 1 fully saturated rings. The maximum absolute atomic E-state index is 13.9. The molecule has 2 aromatic carbocycles. The molecule has 0 aliphatic carbocycles. The summed E-state index contributed by atoms with van der Waals surface area (Å²) in [6, 6.07) is 8.05. The van der Waals surface area contributed by atoms with Crippen molar-refractivity contribution in [3.8, 4) is 0 Å². The van der Waals surface area contributed by atoms with Crippen molar-refractivity contribution in [2.45, 2.75) is 12.8 Å². The van der Waals surface area contributed by atoms with Crippen molar-refractivity contribution < 1.29 is 14.1 Å². The standard InChI is InChI=1S/C17H15ClFN3O3/c18-11-3-5-15(14(19)9-11)20-17(23)13-10-12(22(24)25)4-6-16(13)21-7-1-2-8-21/h3-6,9-10H,1-2,7-8H2,(H,20,23). The normalized spacial score (nSPS) is 13.8. The minimum Gasteiger partial charge on any atom is -0.371 e. The molecule has 1 N–H and O–H groups in total. The summed E-state index contributed by atoms with van der Waals surface area (Å²) in [6.07, 6.45) is 1.98. The van der Waals surface area contributed by atoms with Crippen LogP contribution in [0, 0.1) is 15.9 Å². The molecule has 0 radical (unpaired) electrons. The molecule has 25 heavy (non-hydrogen) atoms. The molecule has 1 aliphatic rings. The highest BCUT2D eigenvalue weighted by atomic mass is 35.5. The molecule has 1 heterocycles. The smallest absolute Gasteiger partial charge is 0.270 e. The minimum atomic E-state index is -0.672. The second kappa shape index (κ2) is 7.06. The lowest BCUT2D eigenvalue weighted by molar-refractivity contribution is -0.384. The molecule has 8 heteroatoms. The van der Waals surface area contributed by atoms with Gasteiger partial charge in [-0.25, -0.2) is 4.39 Å². The van der Waals surface area contributed by atoms with Crippen molar-refractivity contribution in [3.05, 3.63) is 62.9 Å². The van der Waals surface area contributed by atoms with Gasteiger partial charge in [-0.3, -0.25) is 14.9 Å². The number of carbonyl (C=O) groups excluding carboxylic acids is 1. The van der Waals surface area contributed by atoms with Crippen molar-refractivity contribution in [3.63, 3.8) is 0 Å². The average Bonchev–Trinajstić information content (AvgIpc) is 3.11. The van der Waals surface area contributed by atoms with E-state index in [0.717, 1.165) is 32.0 Å². The Morgan fingerprint density at radius 1 is 1.20 bits per heavy atom. The van der Waals surface area contributed by atoms with E-state index in [1.54, 1.807) is 6.07 Å². The monoisotopic (exact) mass is 363 g/mol. The van der Waals surface area contributed by atoms with Gasteiger partial charge in [-0.1, -0.05) is 11.6 Å². The second-order valence-electron chi connectivity index (χ2n) is 5.73. The number of rotatable bonds is 4. The highest BCUT2D eigenvalue weighted by molar-refractivity contribution is 6.30. The quantitative estimate of drug-likeness (QED) is 0.651. The molecule has 6 nitrogen and oxygen atoms in total. The van der Waals surface area contributed by atoms with Crippen LogP contribution in [0.2, 0.25) is 5.02 Å². The molecular formula is C17H15ClFN3O3. The van der Waals surface area contributed by atoms with Gasteiger partial charge < -0.3 is 10.2 Å². The highest BCUT2D eigenvalue weighted by Gasteiger charge is 2.23. The molecule has 0 aromatic heterocycles. The lowest BCUT2D eigenvalue weighted by atomic mass is 10.1. The van der Waals surface area contributed by atoms with E-state index in [0.29, 0.717) is 5.69 Å². The van der Waals surface area contributed by atoms with Gasteiger partial charge in [-0.05, 0) is 37.1 Å². The molecule has 1 saturated heterocycles. The van der Waals surface area contributed by atoms with Gasteiger partial charge in [-0.2, -0.15) is 0 Å². The van der Waals surface area contributed by atoms with Gasteiger partial charge in [-0.15, -0.1) is 0 Å². The van der Waals surface area contributed by atoms with Crippen LogP contribution in [-0.4, -0.2) is 23.9 Å². The van der Waals surface area contributed by atoms with Crippen LogP contribution in [0.25, 0.3) is 0 Å². The van der Waals surface area contributed by atoms with Gasteiger partial charge >= 0.3 is 0 Å². The molecule has 2 aromatic rings. The van der Waals surface area contributed by atoms with E-state index in [1.807, 2.05) is 4.90 Å². The summed E-state index contributed by atoms with van der Waals surface area (Å²) in [7, 11) is 0. The molecule has 130 valence electrons. The SMILES string of the molecule is O=C(Nc1ccc(Cl)cc1F)c1cc([N+](=O)[O-])ccc1N1CCCC1. The van der Waals surface area contributed by atoms with Crippen LogP contribution in [0.5, 0.6) is 0 Å². The summed E-state index contributed by atoms with van der Waals surface area (Å²) < 4.78 is 13.9. The first-order valence-electron chi connectivity index (χ1n) is 7.75. The second-order valence-corrected chi connectivity index (χ2v) is 6.17. The highest BCUT2D eigenvalue weighted by Crippen LogP contribution is 2.29. The average molecular weight is 364 g/mol. The van der Waals surface area contributed by atoms with Gasteiger partial charge in [0.05, 0.1) is 21.9 Å². The Labute approximate surface area is 148 Å². The number of carbonyl (C=O) groups is 1. The summed E-state index contributed by atoms with van der Waals surface area (Å²) in [6.45, 7) is 1.54. The maximum Gasteiger partial charge on any atom is 0.270 e. The predicted octanol–water partition coefficient (Wildman–Crippen LogP) is 4.24. The lowest BCUT2D eigenvalue weighted by Crippen LogP contribution is -2.23. The minimum absolute atomic E-state index is 0.0340. The number of nitrogens with zero attached hydrogens (tertiary/aromatic N) is 2. The van der Waals surface area contributed by atoms with Crippen molar-refractivity contribution >= 4 is 34.6 Å². The van der Waals surface area contributed by atoms with Gasteiger partial charge in [0, 0.05) is 30.2 Å². The van der Waals surface area contributed by atoms with Crippen LogP contribution in [0.1, 0.15) is 23.2 Å². The zero-order chi connectivity index (χ0) is 18.0. The first kappa shape index (κ1) is 17.2. The van der Waals surface area contributed by atoms with Gasteiger partial charge in [0.1, 0.15) is 5.82 Å². The number of non-ortho nitro benzene ring substituents is 1. The zero-order valence-corrected chi connectivity index (χ0v) is 13.9. The lowest BCUT2D eigenvalue weighted by Gasteiger charge is -2.21. The molecule has 1 aliphatic heterocycles. The third-order valence-corrected chi connectivity index (χ3v) is 4.30. The van der Waals surface area contributed by atoms with E-state index in [4.69, 9.17) is 11.6 Å². The van der Waals surface area contributed by atoms with Crippen LogP contribution in [0.4, 0.5) is 21.5 Å². The van der Waals surface area contributed by atoms with Crippen LogP contribution in [0.3, 0.4) is 0 Å². The van der Waals surface area contributed by atoms with Crippen LogP contribution in [-0.2, 0) is 0 Å². The maximum atomic E-state index is 13.9. The molecule has 0 unspecified atom stereocenters. The Bertz CT molecular complexity index is 838. The van der Waals surface area contributed by atoms with E-state index in [2.05, 4.69) is 5.32 Å². The first-order chi connectivity index (χ1) is 12.0. The van der Waals surface area contributed by atoms with Crippen LogP contribution >= 0.6 is 11.6 Å². The van der Waals surface area contributed by atoms with Gasteiger partial charge in [0.25, 0.3) is 11.6 Å². The summed E-state index contributed by atoms with van der Waals surface area (Å²) in [4.78, 5) is 25.1. The number of amides is 1. The third-order valence-electron chi connectivity index (χ3n) is 4.06. The van der Waals surface area contributed by atoms with E-state index >= 15 is 0 Å². The zero-order valence-electron chi connectivity index (χ0n) is 13.2. The summed E-state index contributed by atoms with van der Waals surface area (Å²) >= 11 is 5.70. The van der Waals surface area contributed by atoms with E-state index in [1.165, 1.54) is 24.3 Å². The number of benzene rings is 2. The topological polar surface area (TPSA) is 75.5 Å². The first-order valence-corrected chi connectivity index (χ1v) is 8.13. The predicted molar refractivity (Wildman–Crippen MR) is 93.9 cm³/mol. The summed E-state index contributed by atoms with van der Waals surface area (Å²) in [5.74, 6) is -1.28. The third kappa shape index (κ3) is 3.71. The fourth-order valence-electron chi connectivity index (χ4n) is 2.83. The van der Waals surface area contributed by atoms with Crippen LogP contribution < -0.4 is 10.2 Å². The molecule has 1 amide bonds. The Hall–Kier alpha value is -2.67. The molecular weight excluding hydrogens is 349 g/mol. The molecule has 0 bridgehead atoms. The Morgan fingerprint density at radius 3 is 2.56 bits per heavy atom. The molecule has 3 rings (SSSR count). The fraction of sp³-hybridized carbons (Fsp3) is 0.235. The van der Waals surface area contributed by atoms with E-state index in [-0.39, 0.29) is 22.0 Å². The largest absolute Gasteiger partial charge is 0.371 e. The fourth-order valence-corrected chi connectivity index (χ4v) is 2.99. The van der Waals surface area contributed by atoms with Crippen molar-refractivity contribution in [1.82, 2.24) is 0 Å². The number of nitro groups is 1. The number of nitrogens with one attached hydrogen (secondary N) is 1. The van der Waals surface area contributed by atoms with Crippen molar-refractivity contribution in [1.29, 1.82) is 0 Å². The Balaban J connectivity index is 1.96. The molecule has 0 saturated carbocycles. The number of hydrogen-bond donors (Lipinski definition) is 1. The number of hydrogen-bond acceptors (Lipinski definition) is 4.